The van der Waals surface area contributed by atoms with Crippen LogP contribution in [-0.2, 0) is 29.2 Å². The second-order valence-electron chi connectivity index (χ2n) is 9.49. The van der Waals surface area contributed by atoms with Crippen molar-refractivity contribution in [2.75, 3.05) is 30.8 Å². The van der Waals surface area contributed by atoms with Gasteiger partial charge in [-0.1, -0.05) is 30.2 Å². The average molecular weight is 531 g/mol. The van der Waals surface area contributed by atoms with E-state index in [2.05, 4.69) is 16.8 Å². The number of esters is 1. The van der Waals surface area contributed by atoms with Crippen LogP contribution in [0.1, 0.15) is 25.5 Å². The molecule has 1 atom stereocenters. The van der Waals surface area contributed by atoms with Gasteiger partial charge in [0.15, 0.2) is 11.2 Å². The maximum atomic E-state index is 14.0. The van der Waals surface area contributed by atoms with Crippen molar-refractivity contribution in [3.05, 3.63) is 57.0 Å². The lowest BCUT2D eigenvalue weighted by atomic mass is 10.1. The van der Waals surface area contributed by atoms with Crippen LogP contribution in [0.5, 0.6) is 0 Å². The molecule has 3 aromatic heterocycles. The van der Waals surface area contributed by atoms with Gasteiger partial charge in [0.2, 0.25) is 5.95 Å². The number of piperidine rings is 1. The Balaban J connectivity index is 1.78. The van der Waals surface area contributed by atoms with Gasteiger partial charge in [0.25, 0.3) is 5.56 Å². The number of ether oxygens (including phenoxy) is 1. The number of nitrogens with two attached hydrogens (primary N) is 2. The first-order chi connectivity index (χ1) is 18.8. The lowest BCUT2D eigenvalue weighted by Gasteiger charge is -2.31. The number of imidazole rings is 1. The zero-order valence-electron chi connectivity index (χ0n) is 21.9. The number of nitrogens with zero attached hydrogens (tertiary/aromatic N) is 6. The third kappa shape index (κ3) is 4.72. The van der Waals surface area contributed by atoms with Gasteiger partial charge in [0.1, 0.15) is 6.54 Å². The van der Waals surface area contributed by atoms with Crippen LogP contribution in [0.2, 0.25) is 0 Å². The summed E-state index contributed by atoms with van der Waals surface area (Å²) in [5.74, 6) is 5.70. The first-order valence-electron chi connectivity index (χ1n) is 12.7. The van der Waals surface area contributed by atoms with Gasteiger partial charge < -0.3 is 21.1 Å². The van der Waals surface area contributed by atoms with Crippen molar-refractivity contribution in [3.8, 4) is 11.8 Å². The van der Waals surface area contributed by atoms with Crippen molar-refractivity contribution in [1.29, 1.82) is 0 Å². The molecule has 39 heavy (non-hydrogen) atoms. The standard InChI is InChI=1S/C27H30N8O4/c1-3-4-12-33-23-24(31-26(33)32-11-7-8-17(28)14-32)34(16-22(36)39-2)27(38)35(25(23)37)15-21-19-10-6-5-9-18(19)20(29)13-30-21/h5-6,9-10,13,17H,7-8,11-12,14-16,28-29H2,1-2H3. The molecular weight excluding hydrogens is 500 g/mol. The molecule has 4 N–H and O–H groups in total. The van der Waals surface area contributed by atoms with Crippen LogP contribution in [0, 0.1) is 11.8 Å². The molecule has 0 spiro atoms. The van der Waals surface area contributed by atoms with Gasteiger partial charge in [0, 0.05) is 29.9 Å². The number of hydrogen-bond acceptors (Lipinski definition) is 9. The molecule has 1 aliphatic heterocycles. The Bertz CT molecular complexity index is 1760. The number of rotatable bonds is 6. The van der Waals surface area contributed by atoms with Gasteiger partial charge in [-0.2, -0.15) is 4.98 Å². The summed E-state index contributed by atoms with van der Waals surface area (Å²) in [6.07, 6.45) is 3.25. The molecule has 12 nitrogen and oxygen atoms in total. The van der Waals surface area contributed by atoms with E-state index in [0.717, 1.165) is 28.2 Å². The Morgan fingerprint density at radius 2 is 1.95 bits per heavy atom. The third-order valence-corrected chi connectivity index (χ3v) is 6.98. The van der Waals surface area contributed by atoms with Crippen molar-refractivity contribution >= 4 is 39.5 Å². The van der Waals surface area contributed by atoms with Crippen molar-refractivity contribution in [2.45, 2.75) is 45.4 Å². The number of nitrogen functional groups attached to an aromatic ring is 1. The van der Waals surface area contributed by atoms with Gasteiger partial charge >= 0.3 is 11.7 Å². The van der Waals surface area contributed by atoms with E-state index in [1.807, 2.05) is 29.2 Å². The summed E-state index contributed by atoms with van der Waals surface area (Å²) >= 11 is 0. The number of pyridine rings is 1. The molecular formula is C27H30N8O4. The number of aromatic nitrogens is 5. The minimum absolute atomic E-state index is 0.0527. The summed E-state index contributed by atoms with van der Waals surface area (Å²) in [7, 11) is 1.24. The normalized spacial score (nSPS) is 15.4. The monoisotopic (exact) mass is 530 g/mol. The second kappa shape index (κ2) is 10.6. The fraction of sp³-hybridized carbons (Fsp3) is 0.370. The smallest absolute Gasteiger partial charge is 0.333 e. The fourth-order valence-electron chi connectivity index (χ4n) is 5.04. The first-order valence-corrected chi connectivity index (χ1v) is 12.7. The summed E-state index contributed by atoms with van der Waals surface area (Å²) in [5.41, 5.74) is 12.3. The van der Waals surface area contributed by atoms with Crippen LogP contribution >= 0.6 is 0 Å². The molecule has 5 rings (SSSR count). The van der Waals surface area contributed by atoms with Gasteiger partial charge in [0.05, 0.1) is 37.8 Å². The largest absolute Gasteiger partial charge is 0.468 e. The summed E-state index contributed by atoms with van der Waals surface area (Å²) in [4.78, 5) is 51.3. The van der Waals surface area contributed by atoms with E-state index in [0.29, 0.717) is 30.4 Å². The van der Waals surface area contributed by atoms with Crippen LogP contribution in [-0.4, -0.2) is 55.9 Å². The van der Waals surface area contributed by atoms with Crippen molar-refractivity contribution in [1.82, 2.24) is 23.7 Å². The molecule has 0 bridgehead atoms. The molecule has 1 fully saturated rings. The summed E-state index contributed by atoms with van der Waals surface area (Å²) in [6, 6.07) is 7.33. The zero-order chi connectivity index (χ0) is 27.7. The highest BCUT2D eigenvalue weighted by Crippen LogP contribution is 2.25. The molecule has 1 saturated heterocycles. The Morgan fingerprint density at radius 3 is 2.67 bits per heavy atom. The van der Waals surface area contributed by atoms with E-state index in [4.69, 9.17) is 21.2 Å². The fourth-order valence-corrected chi connectivity index (χ4v) is 5.04. The highest BCUT2D eigenvalue weighted by Gasteiger charge is 2.27. The first kappa shape index (κ1) is 26.0. The average Bonchev–Trinajstić information content (AvgIpc) is 3.32. The predicted molar refractivity (Wildman–Crippen MR) is 148 cm³/mol. The number of fused-ring (bicyclic) bond motifs is 2. The molecule has 1 aromatic carbocycles. The number of carbonyl (C=O) groups is 1. The van der Waals surface area contributed by atoms with Gasteiger partial charge in [-0.3, -0.25) is 28.3 Å². The number of methoxy groups -OCH3 is 1. The molecule has 1 unspecified atom stereocenters. The van der Waals surface area contributed by atoms with E-state index in [1.165, 1.54) is 17.9 Å². The highest BCUT2D eigenvalue weighted by molar-refractivity contribution is 5.93. The molecule has 202 valence electrons. The van der Waals surface area contributed by atoms with Crippen LogP contribution in [0.25, 0.3) is 21.9 Å². The third-order valence-electron chi connectivity index (χ3n) is 6.98. The van der Waals surface area contributed by atoms with E-state index in [-0.39, 0.29) is 30.3 Å². The Labute approximate surface area is 223 Å². The van der Waals surface area contributed by atoms with Crippen LogP contribution in [0.3, 0.4) is 0 Å². The van der Waals surface area contributed by atoms with E-state index in [9.17, 15) is 14.4 Å². The van der Waals surface area contributed by atoms with Crippen molar-refractivity contribution in [2.24, 2.45) is 5.73 Å². The molecule has 0 amide bonds. The Morgan fingerprint density at radius 1 is 1.18 bits per heavy atom. The Kier molecular flexibility index (Phi) is 7.08. The number of carbonyl (C=O) groups excluding carboxylic acids is 1. The minimum Gasteiger partial charge on any atom is -0.468 e. The second-order valence-corrected chi connectivity index (χ2v) is 9.49. The summed E-state index contributed by atoms with van der Waals surface area (Å²) < 4.78 is 8.79. The minimum atomic E-state index is -0.700. The van der Waals surface area contributed by atoms with Crippen LogP contribution < -0.4 is 27.6 Å². The highest BCUT2D eigenvalue weighted by atomic mass is 16.5. The summed E-state index contributed by atoms with van der Waals surface area (Å²) in [5, 5.41) is 1.48. The lowest BCUT2D eigenvalue weighted by Crippen LogP contribution is -2.44. The lowest BCUT2D eigenvalue weighted by molar-refractivity contribution is -0.141. The summed E-state index contributed by atoms with van der Waals surface area (Å²) in [6.45, 7) is 2.55. The van der Waals surface area contributed by atoms with Gasteiger partial charge in [-0.15, -0.1) is 5.92 Å². The maximum Gasteiger partial charge on any atom is 0.333 e. The SMILES string of the molecule is CC#CCn1c(N2CCCC(N)C2)nc2c1c(=O)n(Cc1ncc(N)c3ccccc13)c(=O)n2CC(=O)OC. The quantitative estimate of drug-likeness (QED) is 0.270. The molecule has 0 aliphatic carbocycles. The van der Waals surface area contributed by atoms with Crippen LogP contribution in [0.4, 0.5) is 11.6 Å². The number of anilines is 2. The molecule has 0 saturated carbocycles. The van der Waals surface area contributed by atoms with Crippen LogP contribution in [0.15, 0.2) is 40.1 Å². The Hall–Kier alpha value is -4.63. The molecule has 0 radical (unpaired) electrons. The van der Waals surface area contributed by atoms with Gasteiger partial charge in [-0.25, -0.2) is 4.79 Å². The van der Waals surface area contributed by atoms with Crippen molar-refractivity contribution in [3.63, 3.8) is 0 Å². The van der Waals surface area contributed by atoms with E-state index >= 15 is 0 Å². The molecule has 12 heteroatoms. The van der Waals surface area contributed by atoms with E-state index < -0.39 is 23.8 Å². The van der Waals surface area contributed by atoms with E-state index in [1.54, 1.807) is 11.5 Å². The topological polar surface area (TPSA) is 156 Å². The predicted octanol–water partition coefficient (Wildman–Crippen LogP) is 0.662. The van der Waals surface area contributed by atoms with Crippen molar-refractivity contribution < 1.29 is 9.53 Å². The molecule has 1 aliphatic rings. The maximum absolute atomic E-state index is 14.0. The number of benzene rings is 1. The van der Waals surface area contributed by atoms with Gasteiger partial charge in [-0.05, 0) is 19.8 Å². The molecule has 4 aromatic rings. The zero-order valence-corrected chi connectivity index (χ0v) is 21.9. The molecule has 4 heterocycles. The number of hydrogen-bond donors (Lipinski definition) is 2.